The Morgan fingerprint density at radius 1 is 1.59 bits per heavy atom. The number of carbonyl (C=O) groups excluding carboxylic acids is 1. The van der Waals surface area contributed by atoms with E-state index in [1.807, 2.05) is 6.92 Å². The molecule has 3 N–H and O–H groups in total. The molecule has 6 heteroatoms. The summed E-state index contributed by atoms with van der Waals surface area (Å²) in [7, 11) is 0. The van der Waals surface area contributed by atoms with Gasteiger partial charge in [0.1, 0.15) is 0 Å². The third-order valence-electron chi connectivity index (χ3n) is 2.20. The van der Waals surface area contributed by atoms with E-state index in [0.717, 1.165) is 9.35 Å². The molecule has 0 aliphatic rings. The number of anilines is 2. The van der Waals surface area contributed by atoms with Crippen molar-refractivity contribution in [2.75, 3.05) is 11.1 Å². The van der Waals surface area contributed by atoms with E-state index in [-0.39, 0.29) is 5.91 Å². The number of rotatable bonds is 2. The summed E-state index contributed by atoms with van der Waals surface area (Å²) in [5, 5.41) is 2.80. The van der Waals surface area contributed by atoms with Gasteiger partial charge in [0, 0.05) is 23.0 Å². The van der Waals surface area contributed by atoms with Crippen molar-refractivity contribution in [2.24, 2.45) is 0 Å². The van der Waals surface area contributed by atoms with Crippen LogP contribution in [0.15, 0.2) is 29.0 Å². The molecule has 2 heterocycles. The molecular weight excluding hydrogens is 302 g/mol. The fraction of sp³-hybridized carbons (Fsp3) is 0.0909. The van der Waals surface area contributed by atoms with Crippen LogP contribution in [0, 0.1) is 6.92 Å². The molecule has 88 valence electrons. The zero-order valence-corrected chi connectivity index (χ0v) is 11.4. The molecule has 17 heavy (non-hydrogen) atoms. The van der Waals surface area contributed by atoms with Gasteiger partial charge in [-0.2, -0.15) is 0 Å². The average Bonchev–Trinajstić information content (AvgIpc) is 2.63. The second kappa shape index (κ2) is 4.85. The second-order valence-electron chi connectivity index (χ2n) is 3.43. The van der Waals surface area contributed by atoms with Crippen LogP contribution in [0.2, 0.25) is 0 Å². The van der Waals surface area contributed by atoms with Crippen LogP contribution in [0.3, 0.4) is 0 Å². The van der Waals surface area contributed by atoms with Gasteiger partial charge in [0.25, 0.3) is 5.91 Å². The maximum Gasteiger partial charge on any atom is 0.265 e. The molecule has 0 bridgehead atoms. The number of nitrogens with two attached hydrogens (primary N) is 1. The number of hydrogen-bond acceptors (Lipinski definition) is 4. The molecule has 0 unspecified atom stereocenters. The number of nitrogens with zero attached hydrogens (tertiary/aromatic N) is 1. The lowest BCUT2D eigenvalue weighted by Crippen LogP contribution is -2.10. The maximum atomic E-state index is 11.9. The zero-order chi connectivity index (χ0) is 12.4. The number of halogens is 1. The molecule has 0 aliphatic carbocycles. The molecule has 4 nitrogen and oxygen atoms in total. The Hall–Kier alpha value is -1.40. The monoisotopic (exact) mass is 311 g/mol. The van der Waals surface area contributed by atoms with E-state index in [2.05, 4.69) is 26.2 Å². The molecule has 2 rings (SSSR count). The smallest absolute Gasteiger partial charge is 0.265 e. The molecule has 0 atom stereocenters. The Balaban J connectivity index is 2.20. The summed E-state index contributed by atoms with van der Waals surface area (Å²) in [4.78, 5) is 17.4. The topological polar surface area (TPSA) is 68.0 Å². The van der Waals surface area contributed by atoms with Crippen LogP contribution in [0.4, 0.5) is 11.4 Å². The fourth-order valence-electron chi connectivity index (χ4n) is 1.27. The third kappa shape index (κ3) is 2.65. The highest BCUT2D eigenvalue weighted by atomic mass is 79.9. The van der Waals surface area contributed by atoms with Crippen molar-refractivity contribution in [2.45, 2.75) is 6.92 Å². The molecule has 0 saturated heterocycles. The first kappa shape index (κ1) is 12.1. The predicted molar refractivity (Wildman–Crippen MR) is 73.4 cm³/mol. The Bertz CT molecular complexity index is 548. The lowest BCUT2D eigenvalue weighted by Gasteiger charge is -2.04. The number of nitrogen functional groups attached to an aromatic ring is 1. The highest BCUT2D eigenvalue weighted by Gasteiger charge is 2.12. The number of carbonyl (C=O) groups is 1. The van der Waals surface area contributed by atoms with Crippen molar-refractivity contribution >= 4 is 44.5 Å². The van der Waals surface area contributed by atoms with Gasteiger partial charge in [0.05, 0.1) is 15.0 Å². The van der Waals surface area contributed by atoms with Crippen LogP contribution < -0.4 is 11.1 Å². The van der Waals surface area contributed by atoms with Crippen molar-refractivity contribution in [1.29, 1.82) is 0 Å². The lowest BCUT2D eigenvalue weighted by atomic mass is 10.3. The van der Waals surface area contributed by atoms with E-state index in [1.54, 1.807) is 24.5 Å². The van der Waals surface area contributed by atoms with Gasteiger partial charge in [-0.05, 0) is 35.0 Å². The quantitative estimate of drug-likeness (QED) is 0.895. The summed E-state index contributed by atoms with van der Waals surface area (Å²) in [6.45, 7) is 1.89. The molecule has 2 aromatic heterocycles. The van der Waals surface area contributed by atoms with E-state index in [9.17, 15) is 4.79 Å². The maximum absolute atomic E-state index is 11.9. The SMILES string of the molecule is Cc1sc(C(=O)Nc2ccncc2Br)cc1N. The number of hydrogen-bond donors (Lipinski definition) is 2. The van der Waals surface area contributed by atoms with Crippen molar-refractivity contribution in [1.82, 2.24) is 4.98 Å². The first-order chi connectivity index (χ1) is 8.08. The van der Waals surface area contributed by atoms with Crippen molar-refractivity contribution in [3.63, 3.8) is 0 Å². The number of nitrogens with one attached hydrogen (secondary N) is 1. The van der Waals surface area contributed by atoms with Crippen LogP contribution in [-0.2, 0) is 0 Å². The molecule has 1 amide bonds. The lowest BCUT2D eigenvalue weighted by molar-refractivity contribution is 0.103. The normalized spacial score (nSPS) is 10.2. The molecule has 0 saturated carbocycles. The predicted octanol–water partition coefficient (Wildman–Crippen LogP) is 3.05. The molecule has 0 aliphatic heterocycles. The van der Waals surface area contributed by atoms with E-state index in [1.165, 1.54) is 11.3 Å². The van der Waals surface area contributed by atoms with Crippen molar-refractivity contribution in [3.05, 3.63) is 38.8 Å². The first-order valence-corrected chi connectivity index (χ1v) is 6.45. The van der Waals surface area contributed by atoms with Gasteiger partial charge in [-0.1, -0.05) is 0 Å². The van der Waals surface area contributed by atoms with Crippen molar-refractivity contribution in [3.8, 4) is 0 Å². The standard InChI is InChI=1S/C11H10BrN3OS/c1-6-8(13)4-10(17-6)11(16)15-9-2-3-14-5-7(9)12/h2-5H,13H2,1H3,(H,14,15,16). The number of pyridine rings is 1. The summed E-state index contributed by atoms with van der Waals surface area (Å²) in [6.07, 6.45) is 3.25. The molecule has 0 fully saturated rings. The number of thiophene rings is 1. The molecule has 2 aromatic rings. The summed E-state index contributed by atoms with van der Waals surface area (Å²) in [5.41, 5.74) is 7.05. The summed E-state index contributed by atoms with van der Waals surface area (Å²) < 4.78 is 0.745. The van der Waals surface area contributed by atoms with Crippen LogP contribution >= 0.6 is 27.3 Å². The number of aromatic nitrogens is 1. The van der Waals surface area contributed by atoms with Gasteiger partial charge in [-0.25, -0.2) is 0 Å². The third-order valence-corrected chi connectivity index (χ3v) is 3.90. The van der Waals surface area contributed by atoms with E-state index in [0.29, 0.717) is 16.3 Å². The Morgan fingerprint density at radius 2 is 2.35 bits per heavy atom. The summed E-state index contributed by atoms with van der Waals surface area (Å²) in [6, 6.07) is 3.41. The van der Waals surface area contributed by atoms with E-state index < -0.39 is 0 Å². The van der Waals surface area contributed by atoms with Crippen LogP contribution in [0.5, 0.6) is 0 Å². The van der Waals surface area contributed by atoms with Crippen molar-refractivity contribution < 1.29 is 4.79 Å². The van der Waals surface area contributed by atoms with Gasteiger partial charge < -0.3 is 11.1 Å². The van der Waals surface area contributed by atoms with Crippen LogP contribution in [-0.4, -0.2) is 10.9 Å². The Kier molecular flexibility index (Phi) is 3.44. The number of aryl methyl sites for hydroxylation is 1. The molecule has 0 radical (unpaired) electrons. The van der Waals surface area contributed by atoms with Crippen LogP contribution in [0.25, 0.3) is 0 Å². The van der Waals surface area contributed by atoms with Gasteiger partial charge in [0.2, 0.25) is 0 Å². The molecule has 0 aromatic carbocycles. The molecular formula is C11H10BrN3OS. The first-order valence-electron chi connectivity index (χ1n) is 4.84. The highest BCUT2D eigenvalue weighted by Crippen LogP contribution is 2.26. The minimum Gasteiger partial charge on any atom is -0.398 e. The minimum absolute atomic E-state index is 0.165. The van der Waals surface area contributed by atoms with Gasteiger partial charge in [-0.15, -0.1) is 11.3 Å². The Labute approximate surface area is 111 Å². The molecule has 0 spiro atoms. The largest absolute Gasteiger partial charge is 0.398 e. The number of amides is 1. The minimum atomic E-state index is -0.165. The Morgan fingerprint density at radius 3 is 2.94 bits per heavy atom. The summed E-state index contributed by atoms with van der Waals surface area (Å²) in [5.74, 6) is -0.165. The van der Waals surface area contributed by atoms with Crippen LogP contribution in [0.1, 0.15) is 14.5 Å². The van der Waals surface area contributed by atoms with Gasteiger partial charge in [-0.3, -0.25) is 9.78 Å². The average molecular weight is 312 g/mol. The second-order valence-corrected chi connectivity index (χ2v) is 5.54. The van der Waals surface area contributed by atoms with E-state index in [4.69, 9.17) is 5.73 Å². The van der Waals surface area contributed by atoms with Gasteiger partial charge >= 0.3 is 0 Å². The highest BCUT2D eigenvalue weighted by molar-refractivity contribution is 9.10. The fourth-order valence-corrected chi connectivity index (χ4v) is 2.45. The summed E-state index contributed by atoms with van der Waals surface area (Å²) >= 11 is 4.70. The van der Waals surface area contributed by atoms with E-state index >= 15 is 0 Å². The van der Waals surface area contributed by atoms with Gasteiger partial charge in [0.15, 0.2) is 0 Å². The zero-order valence-electron chi connectivity index (χ0n) is 9.03.